The molecule has 0 aliphatic heterocycles. The van der Waals surface area contributed by atoms with Crippen molar-refractivity contribution in [1.82, 2.24) is 14.9 Å². The zero-order chi connectivity index (χ0) is 11.5. The monoisotopic (exact) mass is 210 g/mol. The Morgan fingerprint density at radius 3 is 2.87 bits per heavy atom. The van der Waals surface area contributed by atoms with Crippen LogP contribution in [0.4, 0.5) is 0 Å². The van der Waals surface area contributed by atoms with Crippen LogP contribution in [-0.2, 0) is 16.9 Å². The Morgan fingerprint density at radius 1 is 1.67 bits per heavy atom. The van der Waals surface area contributed by atoms with Gasteiger partial charge in [-0.1, -0.05) is 0 Å². The van der Waals surface area contributed by atoms with Gasteiger partial charge in [0.05, 0.1) is 12.0 Å². The predicted octanol–water partition coefficient (Wildman–Crippen LogP) is 0.213. The van der Waals surface area contributed by atoms with E-state index in [2.05, 4.69) is 10.3 Å². The quantitative estimate of drug-likeness (QED) is 0.730. The van der Waals surface area contributed by atoms with Gasteiger partial charge in [-0.2, -0.15) is 0 Å². The van der Waals surface area contributed by atoms with E-state index < -0.39 is 0 Å². The zero-order valence-electron chi connectivity index (χ0n) is 9.45. The van der Waals surface area contributed by atoms with Gasteiger partial charge < -0.3 is 15.6 Å². The molecule has 0 bridgehead atoms. The minimum absolute atomic E-state index is 0.302. The van der Waals surface area contributed by atoms with E-state index in [0.29, 0.717) is 6.42 Å². The number of carbonyl (C=O) groups excluding carboxylic acids is 1. The van der Waals surface area contributed by atoms with E-state index >= 15 is 0 Å². The van der Waals surface area contributed by atoms with Gasteiger partial charge in [0.1, 0.15) is 0 Å². The van der Waals surface area contributed by atoms with E-state index in [1.807, 2.05) is 25.5 Å². The summed E-state index contributed by atoms with van der Waals surface area (Å²) in [6.45, 7) is 4.67. The van der Waals surface area contributed by atoms with Crippen molar-refractivity contribution in [3.8, 4) is 0 Å². The molecule has 5 nitrogen and oxygen atoms in total. The third kappa shape index (κ3) is 2.79. The number of rotatable bonds is 5. The minimum Gasteiger partial charge on any atom is -0.370 e. The standard InChI is InChI=1S/C10H18N4O/c1-10(2,4-9(11)15)14-7-13-6-8(14)5-12-3/h6-7,12H,4-5H2,1-3H3,(H2,11,15). The van der Waals surface area contributed by atoms with Gasteiger partial charge in [0.25, 0.3) is 0 Å². The molecule has 1 aromatic heterocycles. The lowest BCUT2D eigenvalue weighted by atomic mass is 9.99. The van der Waals surface area contributed by atoms with Crippen LogP contribution in [0.15, 0.2) is 12.5 Å². The molecule has 0 spiro atoms. The zero-order valence-corrected chi connectivity index (χ0v) is 9.45. The summed E-state index contributed by atoms with van der Waals surface area (Å²) in [4.78, 5) is 15.0. The molecule has 0 aromatic carbocycles. The third-order valence-electron chi connectivity index (χ3n) is 2.33. The molecular weight excluding hydrogens is 192 g/mol. The van der Waals surface area contributed by atoms with Crippen LogP contribution in [-0.4, -0.2) is 22.5 Å². The van der Waals surface area contributed by atoms with Crippen molar-refractivity contribution < 1.29 is 4.79 Å². The molecule has 0 saturated heterocycles. The largest absolute Gasteiger partial charge is 0.370 e. The maximum absolute atomic E-state index is 11.0. The summed E-state index contributed by atoms with van der Waals surface area (Å²) in [6, 6.07) is 0. The number of nitrogens with two attached hydrogens (primary N) is 1. The van der Waals surface area contributed by atoms with Gasteiger partial charge >= 0.3 is 0 Å². The van der Waals surface area contributed by atoms with Crippen LogP contribution in [0, 0.1) is 0 Å². The smallest absolute Gasteiger partial charge is 0.219 e. The first-order valence-electron chi connectivity index (χ1n) is 4.92. The van der Waals surface area contributed by atoms with Crippen LogP contribution in [0.3, 0.4) is 0 Å². The van der Waals surface area contributed by atoms with E-state index in [1.54, 1.807) is 12.5 Å². The third-order valence-corrected chi connectivity index (χ3v) is 2.33. The number of imidazole rings is 1. The SMILES string of the molecule is CNCc1cncn1C(C)(C)CC(N)=O. The molecule has 1 aromatic rings. The van der Waals surface area contributed by atoms with Crippen LogP contribution in [0.2, 0.25) is 0 Å². The Balaban J connectivity index is 2.92. The van der Waals surface area contributed by atoms with E-state index in [-0.39, 0.29) is 11.4 Å². The van der Waals surface area contributed by atoms with Crippen LogP contribution < -0.4 is 11.1 Å². The fourth-order valence-corrected chi connectivity index (χ4v) is 1.69. The molecule has 84 valence electrons. The van der Waals surface area contributed by atoms with Gasteiger partial charge in [0.15, 0.2) is 0 Å². The first kappa shape index (κ1) is 11.7. The van der Waals surface area contributed by atoms with Crippen molar-refractivity contribution in [2.24, 2.45) is 5.73 Å². The molecule has 0 aliphatic carbocycles. The highest BCUT2D eigenvalue weighted by Gasteiger charge is 2.24. The Bertz CT molecular complexity index is 343. The second kappa shape index (κ2) is 4.44. The molecule has 0 saturated carbocycles. The molecule has 0 radical (unpaired) electrons. The van der Waals surface area contributed by atoms with E-state index in [1.165, 1.54) is 0 Å². The number of nitrogens with one attached hydrogen (secondary N) is 1. The Morgan fingerprint density at radius 2 is 2.33 bits per heavy atom. The first-order valence-corrected chi connectivity index (χ1v) is 4.92. The van der Waals surface area contributed by atoms with Crippen molar-refractivity contribution >= 4 is 5.91 Å². The molecule has 1 amide bonds. The van der Waals surface area contributed by atoms with Crippen LogP contribution in [0.5, 0.6) is 0 Å². The topological polar surface area (TPSA) is 72.9 Å². The maximum Gasteiger partial charge on any atom is 0.219 e. The Hall–Kier alpha value is -1.36. The van der Waals surface area contributed by atoms with Gasteiger partial charge in [-0.05, 0) is 20.9 Å². The Kier molecular flexibility index (Phi) is 3.47. The molecule has 0 unspecified atom stereocenters. The second-order valence-electron chi connectivity index (χ2n) is 4.24. The maximum atomic E-state index is 11.0. The van der Waals surface area contributed by atoms with Gasteiger partial charge in [0.2, 0.25) is 5.91 Å². The highest BCUT2D eigenvalue weighted by atomic mass is 16.1. The van der Waals surface area contributed by atoms with Crippen molar-refractivity contribution in [2.45, 2.75) is 32.4 Å². The van der Waals surface area contributed by atoms with Crippen molar-refractivity contribution in [1.29, 1.82) is 0 Å². The van der Waals surface area contributed by atoms with E-state index in [9.17, 15) is 4.79 Å². The van der Waals surface area contributed by atoms with Crippen molar-refractivity contribution in [3.63, 3.8) is 0 Å². The molecular formula is C10H18N4O. The number of hydrogen-bond donors (Lipinski definition) is 2. The minimum atomic E-state index is -0.325. The van der Waals surface area contributed by atoms with Crippen LogP contribution in [0.25, 0.3) is 0 Å². The number of nitrogens with zero attached hydrogens (tertiary/aromatic N) is 2. The van der Waals surface area contributed by atoms with Crippen molar-refractivity contribution in [2.75, 3.05) is 7.05 Å². The van der Waals surface area contributed by atoms with Crippen LogP contribution >= 0.6 is 0 Å². The van der Waals surface area contributed by atoms with Gasteiger partial charge in [-0.15, -0.1) is 0 Å². The molecule has 0 atom stereocenters. The molecule has 3 N–H and O–H groups in total. The first-order chi connectivity index (χ1) is 6.97. The molecule has 0 fully saturated rings. The molecule has 0 aliphatic rings. The summed E-state index contributed by atoms with van der Waals surface area (Å²) < 4.78 is 1.98. The number of aromatic nitrogens is 2. The molecule has 5 heteroatoms. The summed E-state index contributed by atoms with van der Waals surface area (Å²) in [5.41, 5.74) is 5.94. The average Bonchev–Trinajstić information content (AvgIpc) is 2.51. The molecule has 15 heavy (non-hydrogen) atoms. The predicted molar refractivity (Wildman–Crippen MR) is 58.1 cm³/mol. The van der Waals surface area contributed by atoms with E-state index in [4.69, 9.17) is 5.73 Å². The normalized spacial score (nSPS) is 11.7. The summed E-state index contributed by atoms with van der Waals surface area (Å²) in [6.07, 6.45) is 3.83. The number of primary amides is 1. The molecule has 1 heterocycles. The summed E-state index contributed by atoms with van der Waals surface area (Å²) in [5, 5.41) is 3.06. The van der Waals surface area contributed by atoms with E-state index in [0.717, 1.165) is 12.2 Å². The highest BCUT2D eigenvalue weighted by molar-refractivity contribution is 5.74. The van der Waals surface area contributed by atoms with Crippen molar-refractivity contribution in [3.05, 3.63) is 18.2 Å². The lowest BCUT2D eigenvalue weighted by molar-refractivity contribution is -0.119. The Labute approximate surface area is 89.7 Å². The number of hydrogen-bond acceptors (Lipinski definition) is 3. The summed E-state index contributed by atoms with van der Waals surface area (Å²) >= 11 is 0. The fraction of sp³-hybridized carbons (Fsp3) is 0.600. The number of carbonyl (C=O) groups is 1. The van der Waals surface area contributed by atoms with Gasteiger partial charge in [-0.3, -0.25) is 4.79 Å². The second-order valence-corrected chi connectivity index (χ2v) is 4.24. The number of amides is 1. The molecule has 1 rings (SSSR count). The van der Waals surface area contributed by atoms with Gasteiger partial charge in [0, 0.05) is 24.7 Å². The highest BCUT2D eigenvalue weighted by Crippen LogP contribution is 2.21. The lowest BCUT2D eigenvalue weighted by Crippen LogP contribution is -2.33. The summed E-state index contributed by atoms with van der Waals surface area (Å²) in [5.74, 6) is -0.302. The lowest BCUT2D eigenvalue weighted by Gasteiger charge is -2.27. The van der Waals surface area contributed by atoms with Gasteiger partial charge in [-0.25, -0.2) is 4.98 Å². The fourth-order valence-electron chi connectivity index (χ4n) is 1.69. The van der Waals surface area contributed by atoms with Crippen LogP contribution in [0.1, 0.15) is 26.0 Å². The average molecular weight is 210 g/mol. The summed E-state index contributed by atoms with van der Waals surface area (Å²) in [7, 11) is 1.87.